The van der Waals surface area contributed by atoms with Gasteiger partial charge in [0.2, 0.25) is 5.91 Å². The maximum atomic E-state index is 12.9. The van der Waals surface area contributed by atoms with Crippen LogP contribution in [0.4, 0.5) is 16.2 Å². The van der Waals surface area contributed by atoms with Gasteiger partial charge in [-0.1, -0.05) is 35.7 Å². The van der Waals surface area contributed by atoms with Gasteiger partial charge < -0.3 is 30.1 Å². The number of halogens is 1. The summed E-state index contributed by atoms with van der Waals surface area (Å²) in [6.45, 7) is 0.508. The third kappa shape index (κ3) is 7.91. The smallest absolute Gasteiger partial charge is 0.335 e. The molecule has 3 N–H and O–H groups in total. The molecule has 0 saturated heterocycles. The molecular formula is C28H26ClN3O6. The van der Waals surface area contributed by atoms with E-state index >= 15 is 0 Å². The lowest BCUT2D eigenvalue weighted by atomic mass is 10.1. The molecule has 0 atom stereocenters. The van der Waals surface area contributed by atoms with E-state index in [0.717, 1.165) is 0 Å². The molecule has 0 aromatic heterocycles. The largest absolute Gasteiger partial charge is 0.495 e. The average Bonchev–Trinajstić information content (AvgIpc) is 2.90. The molecule has 38 heavy (non-hydrogen) atoms. The minimum Gasteiger partial charge on any atom is -0.495 e. The molecule has 0 fully saturated rings. The molecular weight excluding hydrogens is 510 g/mol. The Morgan fingerprint density at radius 3 is 2.39 bits per heavy atom. The summed E-state index contributed by atoms with van der Waals surface area (Å²) in [6, 6.07) is 17.3. The normalized spacial score (nSPS) is 10.1. The Labute approximate surface area is 225 Å². The van der Waals surface area contributed by atoms with Gasteiger partial charge in [-0.05, 0) is 54.1 Å². The number of methoxy groups -OCH3 is 1. The van der Waals surface area contributed by atoms with Gasteiger partial charge in [0.05, 0.1) is 48.6 Å². The number of hydrogen-bond acceptors (Lipinski definition) is 5. The van der Waals surface area contributed by atoms with E-state index in [2.05, 4.69) is 16.6 Å². The van der Waals surface area contributed by atoms with Gasteiger partial charge in [0.1, 0.15) is 18.1 Å². The lowest BCUT2D eigenvalue weighted by Crippen LogP contribution is -2.36. The molecule has 0 aliphatic rings. The first-order chi connectivity index (χ1) is 18.3. The quantitative estimate of drug-likeness (QED) is 0.304. The number of terminal acetylenes is 1. The highest BCUT2D eigenvalue weighted by Crippen LogP contribution is 2.27. The monoisotopic (exact) mass is 535 g/mol. The second-order valence-corrected chi connectivity index (χ2v) is 8.37. The van der Waals surface area contributed by atoms with Crippen LogP contribution in [0.15, 0.2) is 66.7 Å². The number of nitrogens with one attached hydrogen (secondary N) is 2. The van der Waals surface area contributed by atoms with Crippen LogP contribution in [0.1, 0.15) is 15.9 Å². The highest BCUT2D eigenvalue weighted by molar-refractivity contribution is 6.33. The Bertz CT molecular complexity index is 1340. The molecule has 3 aromatic rings. The zero-order valence-electron chi connectivity index (χ0n) is 20.6. The van der Waals surface area contributed by atoms with E-state index in [1.165, 1.54) is 24.1 Å². The van der Waals surface area contributed by atoms with Crippen LogP contribution in [0.3, 0.4) is 0 Å². The fourth-order valence-corrected chi connectivity index (χ4v) is 3.63. The summed E-state index contributed by atoms with van der Waals surface area (Å²) in [7, 11) is 1.46. The molecule has 3 rings (SSSR count). The maximum absolute atomic E-state index is 12.9. The number of carbonyl (C=O) groups is 3. The predicted octanol–water partition coefficient (Wildman–Crippen LogP) is 4.77. The molecule has 3 amide bonds. The standard InChI is InChI=1S/C28H26ClN3O6/c1-3-14-32(15-16-38-21-11-9-20(10-12-21)27(34)35)26(33)18-19-8-13-24(25(17-19)37-2)31-28(36)30-23-7-5-4-6-22(23)29/h1,4-13,17H,14-16,18H2,2H3,(H,34,35)(H2,30,31,36). The van der Waals surface area contributed by atoms with Crippen molar-refractivity contribution in [2.45, 2.75) is 6.42 Å². The lowest BCUT2D eigenvalue weighted by molar-refractivity contribution is -0.130. The van der Waals surface area contributed by atoms with Crippen molar-refractivity contribution in [3.63, 3.8) is 0 Å². The van der Waals surface area contributed by atoms with Crippen molar-refractivity contribution in [1.29, 1.82) is 0 Å². The third-order valence-corrected chi connectivity index (χ3v) is 5.69. The van der Waals surface area contributed by atoms with Gasteiger partial charge in [-0.15, -0.1) is 6.42 Å². The number of amides is 3. The van der Waals surface area contributed by atoms with Crippen LogP contribution in [0.5, 0.6) is 11.5 Å². The van der Waals surface area contributed by atoms with Crippen molar-refractivity contribution in [2.75, 3.05) is 37.4 Å². The SMILES string of the molecule is C#CCN(CCOc1ccc(C(=O)O)cc1)C(=O)Cc1ccc(NC(=O)Nc2ccccc2Cl)c(OC)c1. The molecule has 10 heteroatoms. The summed E-state index contributed by atoms with van der Waals surface area (Å²) in [6.07, 6.45) is 5.50. The number of rotatable bonds is 11. The molecule has 0 aliphatic heterocycles. The molecule has 9 nitrogen and oxygen atoms in total. The van der Waals surface area contributed by atoms with E-state index in [1.54, 1.807) is 54.6 Å². The van der Waals surface area contributed by atoms with Gasteiger partial charge in [-0.25, -0.2) is 9.59 Å². The summed E-state index contributed by atoms with van der Waals surface area (Å²) >= 11 is 6.08. The number of carbonyl (C=O) groups excluding carboxylic acids is 2. The fourth-order valence-electron chi connectivity index (χ4n) is 3.44. The lowest BCUT2D eigenvalue weighted by Gasteiger charge is -2.21. The van der Waals surface area contributed by atoms with Crippen LogP contribution >= 0.6 is 11.6 Å². The highest BCUT2D eigenvalue weighted by Gasteiger charge is 2.16. The first-order valence-electron chi connectivity index (χ1n) is 11.5. The summed E-state index contributed by atoms with van der Waals surface area (Å²) in [5.74, 6) is 2.09. The number of ether oxygens (including phenoxy) is 2. The van der Waals surface area contributed by atoms with Crippen molar-refractivity contribution < 1.29 is 29.0 Å². The number of urea groups is 1. The summed E-state index contributed by atoms with van der Waals surface area (Å²) in [5, 5.41) is 14.8. The summed E-state index contributed by atoms with van der Waals surface area (Å²) in [5.41, 5.74) is 1.69. The third-order valence-electron chi connectivity index (χ3n) is 5.36. The van der Waals surface area contributed by atoms with Gasteiger partial charge in [-0.2, -0.15) is 0 Å². The number of aromatic carboxylic acids is 1. The molecule has 0 radical (unpaired) electrons. The van der Waals surface area contributed by atoms with Crippen molar-refractivity contribution in [2.24, 2.45) is 0 Å². The summed E-state index contributed by atoms with van der Waals surface area (Å²) in [4.78, 5) is 37.8. The van der Waals surface area contributed by atoms with Crippen LogP contribution in [-0.2, 0) is 11.2 Å². The van der Waals surface area contributed by atoms with Gasteiger partial charge in [0, 0.05) is 0 Å². The van der Waals surface area contributed by atoms with Crippen molar-refractivity contribution in [3.05, 3.63) is 82.9 Å². The molecule has 3 aromatic carbocycles. The van der Waals surface area contributed by atoms with Crippen molar-refractivity contribution in [3.8, 4) is 23.8 Å². The van der Waals surface area contributed by atoms with Crippen LogP contribution in [-0.4, -0.2) is 54.7 Å². The Balaban J connectivity index is 1.58. The van der Waals surface area contributed by atoms with E-state index in [4.69, 9.17) is 32.6 Å². The Hall–Kier alpha value is -4.68. The first kappa shape index (κ1) is 27.9. The minimum atomic E-state index is -1.02. The van der Waals surface area contributed by atoms with E-state index in [1.807, 2.05) is 0 Å². The molecule has 0 bridgehead atoms. The van der Waals surface area contributed by atoms with Crippen LogP contribution in [0, 0.1) is 12.3 Å². The summed E-state index contributed by atoms with van der Waals surface area (Å²) < 4.78 is 11.0. The van der Waals surface area contributed by atoms with Gasteiger partial charge >= 0.3 is 12.0 Å². The van der Waals surface area contributed by atoms with Crippen LogP contribution in [0.2, 0.25) is 5.02 Å². The molecule has 0 unspecified atom stereocenters. The Morgan fingerprint density at radius 2 is 1.74 bits per heavy atom. The Kier molecular flexibility index (Phi) is 9.97. The number of carboxylic acids is 1. The van der Waals surface area contributed by atoms with Crippen molar-refractivity contribution >= 4 is 40.9 Å². The number of carboxylic acid groups (broad SMARTS) is 1. The van der Waals surface area contributed by atoms with E-state index in [9.17, 15) is 14.4 Å². The molecule has 0 aliphatic carbocycles. The van der Waals surface area contributed by atoms with Gasteiger partial charge in [0.15, 0.2) is 0 Å². The van der Waals surface area contributed by atoms with Crippen LogP contribution < -0.4 is 20.1 Å². The number of para-hydroxylation sites is 1. The second-order valence-electron chi connectivity index (χ2n) is 7.97. The number of benzene rings is 3. The number of nitrogens with zero attached hydrogens (tertiary/aromatic N) is 1. The maximum Gasteiger partial charge on any atom is 0.335 e. The fraction of sp³-hybridized carbons (Fsp3) is 0.179. The molecule has 196 valence electrons. The molecule has 0 saturated carbocycles. The van der Waals surface area contributed by atoms with Gasteiger partial charge in [0.25, 0.3) is 0 Å². The van der Waals surface area contributed by atoms with E-state index in [-0.39, 0.29) is 37.6 Å². The number of anilines is 2. The topological polar surface area (TPSA) is 117 Å². The molecule has 0 heterocycles. The average molecular weight is 536 g/mol. The predicted molar refractivity (Wildman–Crippen MR) is 145 cm³/mol. The molecule has 0 spiro atoms. The highest BCUT2D eigenvalue weighted by atomic mass is 35.5. The zero-order chi connectivity index (χ0) is 27.5. The number of hydrogen-bond donors (Lipinski definition) is 3. The Morgan fingerprint density at radius 1 is 1.03 bits per heavy atom. The minimum absolute atomic E-state index is 0.0530. The van der Waals surface area contributed by atoms with Crippen molar-refractivity contribution in [1.82, 2.24) is 4.90 Å². The van der Waals surface area contributed by atoms with Crippen LogP contribution in [0.25, 0.3) is 0 Å². The van der Waals surface area contributed by atoms with E-state index in [0.29, 0.717) is 33.5 Å². The van der Waals surface area contributed by atoms with Gasteiger partial charge in [-0.3, -0.25) is 4.79 Å². The zero-order valence-corrected chi connectivity index (χ0v) is 21.3. The second kappa shape index (κ2) is 13.6. The van der Waals surface area contributed by atoms with E-state index < -0.39 is 12.0 Å². The first-order valence-corrected chi connectivity index (χ1v) is 11.9.